The van der Waals surface area contributed by atoms with Gasteiger partial charge in [0, 0.05) is 11.5 Å². The summed E-state index contributed by atoms with van der Waals surface area (Å²) < 4.78 is 4.72. The molecule has 1 aliphatic rings. The summed E-state index contributed by atoms with van der Waals surface area (Å²) in [5.74, 6) is -0.625. The number of benzene rings is 1. The van der Waals surface area contributed by atoms with E-state index in [0.717, 1.165) is 0 Å². The van der Waals surface area contributed by atoms with Crippen LogP contribution in [0.2, 0.25) is 0 Å². The lowest BCUT2D eigenvalue weighted by atomic mass is 9.83. The molecule has 0 aliphatic heterocycles. The molecule has 1 aromatic carbocycles. The zero-order chi connectivity index (χ0) is 13.8. The van der Waals surface area contributed by atoms with Gasteiger partial charge in [0.2, 0.25) is 0 Å². The van der Waals surface area contributed by atoms with E-state index in [2.05, 4.69) is 0 Å². The van der Waals surface area contributed by atoms with Crippen LogP contribution in [0, 0.1) is 11.8 Å². The molecule has 0 bridgehead atoms. The molecule has 0 amide bonds. The molecule has 0 aromatic heterocycles. The number of methoxy groups -OCH3 is 1. The lowest BCUT2D eigenvalue weighted by Gasteiger charge is -2.20. The van der Waals surface area contributed by atoms with Gasteiger partial charge in [-0.3, -0.25) is 4.79 Å². The normalized spacial score (nSPS) is 21.2. The van der Waals surface area contributed by atoms with E-state index in [4.69, 9.17) is 4.74 Å². The summed E-state index contributed by atoms with van der Waals surface area (Å²) in [6.45, 7) is 1.99. The zero-order valence-corrected chi connectivity index (χ0v) is 11.0. The molecule has 0 radical (unpaired) electrons. The van der Waals surface area contributed by atoms with Gasteiger partial charge < -0.3 is 4.74 Å². The summed E-state index contributed by atoms with van der Waals surface area (Å²) >= 11 is 0. The molecule has 0 saturated heterocycles. The number of carbonyl (C=O) groups is 2. The highest BCUT2D eigenvalue weighted by Gasteiger charge is 2.26. The minimum Gasteiger partial charge on any atom is -0.465 e. The van der Waals surface area contributed by atoms with Gasteiger partial charge in [0.1, 0.15) is 0 Å². The number of esters is 1. The van der Waals surface area contributed by atoms with Gasteiger partial charge in [-0.2, -0.15) is 0 Å². The fourth-order valence-corrected chi connectivity index (χ4v) is 2.21. The fourth-order valence-electron chi connectivity index (χ4n) is 2.21. The highest BCUT2D eigenvalue weighted by Crippen LogP contribution is 2.25. The van der Waals surface area contributed by atoms with E-state index in [1.54, 1.807) is 24.3 Å². The van der Waals surface area contributed by atoms with Gasteiger partial charge in [-0.1, -0.05) is 49.4 Å². The summed E-state index contributed by atoms with van der Waals surface area (Å²) in [7, 11) is 1.31. The summed E-state index contributed by atoms with van der Waals surface area (Å²) in [6, 6.07) is 6.77. The maximum absolute atomic E-state index is 12.6. The van der Waals surface area contributed by atoms with Crippen molar-refractivity contribution < 1.29 is 14.3 Å². The summed E-state index contributed by atoms with van der Waals surface area (Å²) in [4.78, 5) is 24.3. The molecule has 2 atom stereocenters. The Bertz CT molecular complexity index is 555. The topological polar surface area (TPSA) is 43.4 Å². The van der Waals surface area contributed by atoms with Gasteiger partial charge in [-0.25, -0.2) is 4.79 Å². The Kier molecular flexibility index (Phi) is 3.95. The minimum atomic E-state index is -0.480. The number of hydrogen-bond acceptors (Lipinski definition) is 3. The third-order valence-corrected chi connectivity index (χ3v) is 3.31. The molecule has 0 heterocycles. The minimum absolute atomic E-state index is 0.0471. The second-order valence-corrected chi connectivity index (χ2v) is 4.56. The van der Waals surface area contributed by atoms with Crippen molar-refractivity contribution in [1.29, 1.82) is 0 Å². The number of hydrogen-bond donors (Lipinski definition) is 0. The van der Waals surface area contributed by atoms with Crippen LogP contribution >= 0.6 is 0 Å². The molecule has 19 heavy (non-hydrogen) atoms. The van der Waals surface area contributed by atoms with E-state index >= 15 is 0 Å². The van der Waals surface area contributed by atoms with Crippen LogP contribution in [0.1, 0.15) is 27.6 Å². The predicted octanol–water partition coefficient (Wildman–Crippen LogP) is 3.03. The second kappa shape index (κ2) is 5.65. The van der Waals surface area contributed by atoms with Crippen molar-refractivity contribution in [3.63, 3.8) is 0 Å². The van der Waals surface area contributed by atoms with Gasteiger partial charge in [0.15, 0.2) is 5.78 Å². The van der Waals surface area contributed by atoms with Crippen LogP contribution in [-0.2, 0) is 4.74 Å². The first-order chi connectivity index (χ1) is 9.15. The van der Waals surface area contributed by atoms with E-state index < -0.39 is 5.97 Å². The first kappa shape index (κ1) is 13.3. The van der Waals surface area contributed by atoms with Crippen molar-refractivity contribution in [2.45, 2.75) is 6.92 Å². The van der Waals surface area contributed by atoms with Crippen LogP contribution in [0.5, 0.6) is 0 Å². The lowest BCUT2D eigenvalue weighted by Crippen LogP contribution is -2.22. The number of Topliss-reactive ketones (excluding diaryl/α,β-unsaturated/α-hetero) is 1. The number of rotatable bonds is 3. The van der Waals surface area contributed by atoms with Crippen molar-refractivity contribution in [2.24, 2.45) is 11.8 Å². The predicted molar refractivity (Wildman–Crippen MR) is 73.0 cm³/mol. The van der Waals surface area contributed by atoms with Crippen LogP contribution in [0.25, 0.3) is 0 Å². The number of carbonyl (C=O) groups excluding carboxylic acids is 2. The molecular formula is C16H16O3. The molecule has 3 heteroatoms. The number of allylic oxidation sites excluding steroid dienone is 4. The van der Waals surface area contributed by atoms with E-state index in [1.807, 2.05) is 31.2 Å². The van der Waals surface area contributed by atoms with Crippen LogP contribution in [0.4, 0.5) is 0 Å². The van der Waals surface area contributed by atoms with Crippen molar-refractivity contribution >= 4 is 11.8 Å². The average Bonchev–Trinajstić information content (AvgIpc) is 2.46. The molecule has 0 N–H and O–H groups in total. The molecule has 1 aliphatic carbocycles. The Labute approximate surface area is 112 Å². The molecule has 1 aromatic rings. The highest BCUT2D eigenvalue weighted by atomic mass is 16.5. The van der Waals surface area contributed by atoms with E-state index in [0.29, 0.717) is 11.1 Å². The van der Waals surface area contributed by atoms with Crippen molar-refractivity contribution in [3.05, 3.63) is 59.7 Å². The zero-order valence-electron chi connectivity index (χ0n) is 11.0. The Morgan fingerprint density at radius 3 is 2.32 bits per heavy atom. The maximum atomic E-state index is 12.6. The van der Waals surface area contributed by atoms with Crippen molar-refractivity contribution in [2.75, 3.05) is 7.11 Å². The first-order valence-corrected chi connectivity index (χ1v) is 6.21. The Balaban J connectivity index is 2.37. The summed E-state index contributed by atoms with van der Waals surface area (Å²) in [5, 5.41) is 0. The van der Waals surface area contributed by atoms with Gasteiger partial charge in [0.25, 0.3) is 0 Å². The molecule has 0 fully saturated rings. The summed E-state index contributed by atoms with van der Waals surface area (Å²) in [5.41, 5.74) is 0.747. The monoisotopic (exact) mass is 256 g/mol. The van der Waals surface area contributed by atoms with E-state index in [-0.39, 0.29) is 17.6 Å². The Morgan fingerprint density at radius 1 is 1.05 bits per heavy atom. The third kappa shape index (κ3) is 2.65. The average molecular weight is 256 g/mol. The molecule has 3 nitrogen and oxygen atoms in total. The molecular weight excluding hydrogens is 240 g/mol. The van der Waals surface area contributed by atoms with Crippen LogP contribution < -0.4 is 0 Å². The number of ketones is 1. The molecule has 0 saturated carbocycles. The van der Waals surface area contributed by atoms with Crippen LogP contribution in [-0.4, -0.2) is 18.9 Å². The highest BCUT2D eigenvalue weighted by molar-refractivity contribution is 6.08. The van der Waals surface area contributed by atoms with E-state index in [9.17, 15) is 9.59 Å². The van der Waals surface area contributed by atoms with Crippen LogP contribution in [0.3, 0.4) is 0 Å². The largest absolute Gasteiger partial charge is 0.465 e. The van der Waals surface area contributed by atoms with E-state index in [1.165, 1.54) is 7.11 Å². The SMILES string of the molecule is COC(=O)c1ccccc1C(=O)C1C=CC=CC1C. The van der Waals surface area contributed by atoms with Gasteiger partial charge >= 0.3 is 5.97 Å². The lowest BCUT2D eigenvalue weighted by molar-refractivity contribution is 0.0596. The standard InChI is InChI=1S/C16H16O3/c1-11-7-3-4-8-12(11)15(17)13-9-5-6-10-14(13)16(18)19-2/h3-12H,1-2H3. The third-order valence-electron chi connectivity index (χ3n) is 3.31. The van der Waals surface area contributed by atoms with Gasteiger partial charge in [-0.05, 0) is 12.0 Å². The molecule has 0 spiro atoms. The van der Waals surface area contributed by atoms with Crippen molar-refractivity contribution in [1.82, 2.24) is 0 Å². The molecule has 98 valence electrons. The molecule has 2 unspecified atom stereocenters. The molecule has 2 rings (SSSR count). The summed E-state index contributed by atoms with van der Waals surface area (Å²) in [6.07, 6.45) is 7.66. The number of ether oxygens (including phenoxy) is 1. The van der Waals surface area contributed by atoms with Crippen LogP contribution in [0.15, 0.2) is 48.6 Å². The Hall–Kier alpha value is -2.16. The first-order valence-electron chi connectivity index (χ1n) is 6.21. The van der Waals surface area contributed by atoms with Gasteiger partial charge in [-0.15, -0.1) is 0 Å². The smallest absolute Gasteiger partial charge is 0.338 e. The second-order valence-electron chi connectivity index (χ2n) is 4.56. The van der Waals surface area contributed by atoms with Gasteiger partial charge in [0.05, 0.1) is 12.7 Å². The maximum Gasteiger partial charge on any atom is 0.338 e. The quantitative estimate of drug-likeness (QED) is 0.616. The fraction of sp³-hybridized carbons (Fsp3) is 0.250. The Morgan fingerprint density at radius 2 is 1.68 bits per heavy atom. The van der Waals surface area contributed by atoms with Crippen molar-refractivity contribution in [3.8, 4) is 0 Å².